The van der Waals surface area contributed by atoms with Crippen LogP contribution in [0, 0.1) is 23.7 Å². The first-order chi connectivity index (χ1) is 13.2. The van der Waals surface area contributed by atoms with Gasteiger partial charge in [0.25, 0.3) is 0 Å². The molecule has 2 aromatic carbocycles. The monoisotopic (exact) mass is 377 g/mol. The summed E-state index contributed by atoms with van der Waals surface area (Å²) in [5.41, 5.74) is 17.0. The first kappa shape index (κ1) is 19.8. The van der Waals surface area contributed by atoms with Crippen molar-refractivity contribution in [3.63, 3.8) is 0 Å². The van der Waals surface area contributed by atoms with E-state index in [4.69, 9.17) is 20.9 Å². The van der Waals surface area contributed by atoms with E-state index in [1.165, 1.54) is 0 Å². The highest BCUT2D eigenvalue weighted by molar-refractivity contribution is 5.89. The lowest BCUT2D eigenvalue weighted by Crippen LogP contribution is -2.33. The van der Waals surface area contributed by atoms with Crippen molar-refractivity contribution in [1.29, 1.82) is 5.26 Å². The SMILES string of the molecule is Cc1ccc2c(c1)C(c1ccc(OCCC(C)(C)C)c(N)c1)=C(C#N)C(N)O2. The van der Waals surface area contributed by atoms with E-state index in [0.29, 0.717) is 29.4 Å². The Balaban J connectivity index is 1.99. The fourth-order valence-corrected chi connectivity index (χ4v) is 3.16. The van der Waals surface area contributed by atoms with E-state index >= 15 is 0 Å². The van der Waals surface area contributed by atoms with Gasteiger partial charge < -0.3 is 15.2 Å². The van der Waals surface area contributed by atoms with Crippen molar-refractivity contribution in [3.8, 4) is 17.6 Å². The Hall–Kier alpha value is -2.97. The number of hydrogen-bond donors (Lipinski definition) is 2. The van der Waals surface area contributed by atoms with Crippen molar-refractivity contribution in [2.24, 2.45) is 11.1 Å². The van der Waals surface area contributed by atoms with E-state index in [2.05, 4.69) is 26.8 Å². The van der Waals surface area contributed by atoms with E-state index < -0.39 is 6.23 Å². The van der Waals surface area contributed by atoms with Crippen LogP contribution in [0.5, 0.6) is 11.5 Å². The van der Waals surface area contributed by atoms with Crippen molar-refractivity contribution in [2.75, 3.05) is 12.3 Å². The Bertz CT molecular complexity index is 965. The Morgan fingerprint density at radius 2 is 1.93 bits per heavy atom. The molecule has 0 saturated carbocycles. The second kappa shape index (κ2) is 7.57. The fraction of sp³-hybridized carbons (Fsp3) is 0.348. The normalized spacial score (nSPS) is 16.2. The highest BCUT2D eigenvalue weighted by Gasteiger charge is 2.27. The molecular weight excluding hydrogens is 350 g/mol. The summed E-state index contributed by atoms with van der Waals surface area (Å²) in [4.78, 5) is 0. The summed E-state index contributed by atoms with van der Waals surface area (Å²) in [6.45, 7) is 9.12. The minimum Gasteiger partial charge on any atom is -0.491 e. The molecule has 1 unspecified atom stereocenters. The molecule has 0 saturated heterocycles. The van der Waals surface area contributed by atoms with E-state index in [-0.39, 0.29) is 5.41 Å². The number of nitrogens with zero attached hydrogens (tertiary/aromatic N) is 1. The Kier molecular flexibility index (Phi) is 5.35. The van der Waals surface area contributed by atoms with Gasteiger partial charge in [-0.15, -0.1) is 0 Å². The molecule has 3 rings (SSSR count). The average molecular weight is 377 g/mol. The predicted molar refractivity (Wildman–Crippen MR) is 112 cm³/mol. The highest BCUT2D eigenvalue weighted by Crippen LogP contribution is 2.40. The van der Waals surface area contributed by atoms with Crippen LogP contribution in [0.2, 0.25) is 0 Å². The smallest absolute Gasteiger partial charge is 0.184 e. The Morgan fingerprint density at radius 3 is 2.57 bits per heavy atom. The summed E-state index contributed by atoms with van der Waals surface area (Å²) >= 11 is 0. The van der Waals surface area contributed by atoms with E-state index in [9.17, 15) is 5.26 Å². The summed E-state index contributed by atoms with van der Waals surface area (Å²) in [6, 6.07) is 13.6. The number of aryl methyl sites for hydroxylation is 1. The van der Waals surface area contributed by atoms with Gasteiger partial charge in [0.15, 0.2) is 6.23 Å². The number of nitriles is 1. The maximum atomic E-state index is 9.68. The van der Waals surface area contributed by atoms with Gasteiger partial charge in [-0.3, -0.25) is 5.73 Å². The molecule has 1 heterocycles. The van der Waals surface area contributed by atoms with Gasteiger partial charge >= 0.3 is 0 Å². The number of hydrogen-bond acceptors (Lipinski definition) is 5. The molecule has 0 bridgehead atoms. The Morgan fingerprint density at radius 1 is 1.18 bits per heavy atom. The van der Waals surface area contributed by atoms with Crippen LogP contribution >= 0.6 is 0 Å². The molecule has 1 atom stereocenters. The molecule has 2 aromatic rings. The summed E-state index contributed by atoms with van der Waals surface area (Å²) in [6.07, 6.45) is 0.121. The van der Waals surface area contributed by atoms with Crippen molar-refractivity contribution >= 4 is 11.3 Å². The zero-order chi connectivity index (χ0) is 20.5. The number of rotatable bonds is 4. The van der Waals surface area contributed by atoms with Crippen molar-refractivity contribution < 1.29 is 9.47 Å². The average Bonchev–Trinajstić information content (AvgIpc) is 2.61. The number of benzene rings is 2. The van der Waals surface area contributed by atoms with Crippen LogP contribution in [-0.2, 0) is 0 Å². The van der Waals surface area contributed by atoms with Crippen molar-refractivity contribution in [1.82, 2.24) is 0 Å². The van der Waals surface area contributed by atoms with Crippen LogP contribution in [0.3, 0.4) is 0 Å². The predicted octanol–water partition coefficient (Wildman–Crippen LogP) is 4.39. The van der Waals surface area contributed by atoms with E-state index in [0.717, 1.165) is 28.7 Å². The summed E-state index contributed by atoms with van der Waals surface area (Å²) < 4.78 is 11.6. The van der Waals surface area contributed by atoms with Gasteiger partial charge in [-0.05, 0) is 48.6 Å². The standard InChI is InChI=1S/C23H27N3O2/c1-14-5-7-19-16(11-14)21(17(13-24)22(26)28-19)15-6-8-20(18(25)12-15)27-10-9-23(2,3)4/h5-8,11-12,22H,9-10,25-26H2,1-4H3. The maximum absolute atomic E-state index is 9.68. The third kappa shape index (κ3) is 4.13. The number of nitrogen functional groups attached to an aromatic ring is 1. The molecule has 0 spiro atoms. The van der Waals surface area contributed by atoms with Gasteiger partial charge in [-0.25, -0.2) is 0 Å². The van der Waals surface area contributed by atoms with E-state index in [1.807, 2.05) is 43.3 Å². The number of fused-ring (bicyclic) bond motifs is 1. The minimum absolute atomic E-state index is 0.195. The van der Waals surface area contributed by atoms with Crippen LogP contribution in [0.1, 0.15) is 43.9 Å². The van der Waals surface area contributed by atoms with Gasteiger partial charge in [0.05, 0.1) is 17.9 Å². The van der Waals surface area contributed by atoms with Gasteiger partial charge in [0.2, 0.25) is 0 Å². The summed E-state index contributed by atoms with van der Waals surface area (Å²) in [5.74, 6) is 1.31. The van der Waals surface area contributed by atoms with Crippen LogP contribution in [0.25, 0.3) is 5.57 Å². The quantitative estimate of drug-likeness (QED) is 0.770. The molecule has 1 aliphatic heterocycles. The summed E-state index contributed by atoms with van der Waals surface area (Å²) in [7, 11) is 0. The van der Waals surface area contributed by atoms with Crippen molar-refractivity contribution in [2.45, 2.75) is 40.3 Å². The lowest BCUT2D eigenvalue weighted by molar-refractivity contribution is 0.244. The lowest BCUT2D eigenvalue weighted by atomic mass is 9.89. The molecule has 0 aromatic heterocycles. The number of nitrogens with two attached hydrogens (primary N) is 2. The molecule has 0 fully saturated rings. The molecule has 4 N–H and O–H groups in total. The molecule has 5 heteroatoms. The van der Waals surface area contributed by atoms with Gasteiger partial charge in [-0.2, -0.15) is 5.26 Å². The molecule has 146 valence electrons. The molecule has 5 nitrogen and oxygen atoms in total. The zero-order valence-electron chi connectivity index (χ0n) is 16.9. The fourth-order valence-electron chi connectivity index (χ4n) is 3.16. The maximum Gasteiger partial charge on any atom is 0.184 e. The van der Waals surface area contributed by atoms with Gasteiger partial charge in [0.1, 0.15) is 17.6 Å². The summed E-state index contributed by atoms with van der Waals surface area (Å²) in [5, 5.41) is 9.68. The number of ether oxygens (including phenoxy) is 2. The topological polar surface area (TPSA) is 94.3 Å². The highest BCUT2D eigenvalue weighted by atomic mass is 16.5. The van der Waals surface area contributed by atoms with Crippen LogP contribution < -0.4 is 20.9 Å². The first-order valence-corrected chi connectivity index (χ1v) is 9.40. The van der Waals surface area contributed by atoms with E-state index in [1.54, 1.807) is 0 Å². The second-order valence-corrected chi connectivity index (χ2v) is 8.35. The van der Waals surface area contributed by atoms with Crippen LogP contribution in [0.15, 0.2) is 42.0 Å². The molecule has 0 aliphatic carbocycles. The third-order valence-corrected chi connectivity index (χ3v) is 4.74. The molecule has 1 aliphatic rings. The third-order valence-electron chi connectivity index (χ3n) is 4.74. The number of anilines is 1. The molecule has 28 heavy (non-hydrogen) atoms. The van der Waals surface area contributed by atoms with Crippen LogP contribution in [0.4, 0.5) is 5.69 Å². The molecular formula is C23H27N3O2. The van der Waals surface area contributed by atoms with Crippen LogP contribution in [-0.4, -0.2) is 12.8 Å². The Labute approximate surface area is 166 Å². The minimum atomic E-state index is -0.806. The molecule has 0 amide bonds. The first-order valence-electron chi connectivity index (χ1n) is 9.40. The van der Waals surface area contributed by atoms with Crippen molar-refractivity contribution in [3.05, 3.63) is 58.7 Å². The van der Waals surface area contributed by atoms with Gasteiger partial charge in [0, 0.05) is 11.1 Å². The second-order valence-electron chi connectivity index (χ2n) is 8.35. The zero-order valence-corrected chi connectivity index (χ0v) is 16.9. The van der Waals surface area contributed by atoms with Gasteiger partial charge in [-0.1, -0.05) is 38.5 Å². The lowest BCUT2D eigenvalue weighted by Gasteiger charge is -2.26. The molecule has 0 radical (unpaired) electrons. The largest absolute Gasteiger partial charge is 0.491 e.